The fraction of sp³-hybridized carbons (Fsp3) is 0.391. The van der Waals surface area contributed by atoms with Crippen LogP contribution in [0.5, 0.6) is 0 Å². The molecule has 6 heteroatoms. The number of hydrogen-bond donors (Lipinski definition) is 1. The summed E-state index contributed by atoms with van der Waals surface area (Å²) in [6.07, 6.45) is 3.68. The number of rotatable bonds is 5. The number of benzene rings is 2. The first-order chi connectivity index (χ1) is 14.3. The van der Waals surface area contributed by atoms with Crippen LogP contribution in [-0.4, -0.2) is 49.5 Å². The SMILES string of the molecule is CCOCCNC(=O)c1ccc2c(c1)N=C(N1CCCCC1)c1ccccc1S2.[HH]. The van der Waals surface area contributed by atoms with E-state index < -0.39 is 0 Å². The van der Waals surface area contributed by atoms with Gasteiger partial charge in [0.2, 0.25) is 0 Å². The van der Waals surface area contributed by atoms with E-state index in [-0.39, 0.29) is 7.33 Å². The van der Waals surface area contributed by atoms with Crippen molar-refractivity contribution in [1.29, 1.82) is 0 Å². The predicted molar refractivity (Wildman–Crippen MR) is 120 cm³/mol. The summed E-state index contributed by atoms with van der Waals surface area (Å²) in [7, 11) is 0. The van der Waals surface area contributed by atoms with Gasteiger partial charge >= 0.3 is 0 Å². The average molecular weight is 412 g/mol. The van der Waals surface area contributed by atoms with Crippen molar-refractivity contribution in [2.45, 2.75) is 36.0 Å². The van der Waals surface area contributed by atoms with Gasteiger partial charge in [-0.3, -0.25) is 4.79 Å². The zero-order chi connectivity index (χ0) is 20.1. The Hall–Kier alpha value is -2.31. The Morgan fingerprint density at radius 3 is 2.83 bits per heavy atom. The van der Waals surface area contributed by atoms with Crippen LogP contribution in [0.15, 0.2) is 57.2 Å². The van der Waals surface area contributed by atoms with Crippen LogP contribution in [0.1, 0.15) is 43.5 Å². The van der Waals surface area contributed by atoms with Crippen molar-refractivity contribution < 1.29 is 11.0 Å². The third-order valence-electron chi connectivity index (χ3n) is 5.19. The maximum atomic E-state index is 12.5. The molecule has 0 bridgehead atoms. The van der Waals surface area contributed by atoms with Crippen molar-refractivity contribution >= 4 is 29.2 Å². The van der Waals surface area contributed by atoms with Crippen LogP contribution in [-0.2, 0) is 4.74 Å². The van der Waals surface area contributed by atoms with E-state index in [1.54, 1.807) is 11.8 Å². The normalized spacial score (nSPS) is 15.8. The fourth-order valence-corrected chi connectivity index (χ4v) is 4.69. The molecule has 5 nitrogen and oxygen atoms in total. The van der Waals surface area contributed by atoms with Gasteiger partial charge in [-0.25, -0.2) is 4.99 Å². The molecule has 29 heavy (non-hydrogen) atoms. The molecule has 4 rings (SSSR count). The Morgan fingerprint density at radius 2 is 2.00 bits per heavy atom. The fourth-order valence-electron chi connectivity index (χ4n) is 3.70. The van der Waals surface area contributed by atoms with E-state index in [2.05, 4.69) is 34.5 Å². The maximum Gasteiger partial charge on any atom is 0.251 e. The van der Waals surface area contributed by atoms with E-state index in [9.17, 15) is 4.79 Å². The second-order valence-corrected chi connectivity index (χ2v) is 8.30. The quantitative estimate of drug-likeness (QED) is 0.723. The number of piperidine rings is 1. The van der Waals surface area contributed by atoms with Crippen molar-refractivity contribution in [3.05, 3.63) is 53.6 Å². The van der Waals surface area contributed by atoms with Crippen molar-refractivity contribution in [3.8, 4) is 0 Å². The number of carbonyl (C=O) groups is 1. The van der Waals surface area contributed by atoms with E-state index in [0.717, 1.165) is 29.5 Å². The van der Waals surface area contributed by atoms with E-state index in [4.69, 9.17) is 9.73 Å². The zero-order valence-electron chi connectivity index (χ0n) is 16.8. The van der Waals surface area contributed by atoms with Gasteiger partial charge in [0.05, 0.1) is 12.3 Å². The smallest absolute Gasteiger partial charge is 0.251 e. The number of amidine groups is 1. The topological polar surface area (TPSA) is 53.9 Å². The third-order valence-corrected chi connectivity index (χ3v) is 6.33. The lowest BCUT2D eigenvalue weighted by molar-refractivity contribution is 0.0922. The first kappa shape index (κ1) is 20.0. The van der Waals surface area contributed by atoms with E-state index in [1.807, 2.05) is 25.1 Å². The van der Waals surface area contributed by atoms with E-state index >= 15 is 0 Å². The molecule has 2 aliphatic heterocycles. The maximum absolute atomic E-state index is 12.5. The van der Waals surface area contributed by atoms with Crippen LogP contribution in [0, 0.1) is 0 Å². The van der Waals surface area contributed by atoms with Gasteiger partial charge in [-0.2, -0.15) is 0 Å². The molecule has 2 aromatic carbocycles. The number of aliphatic imine (C=N–C) groups is 1. The summed E-state index contributed by atoms with van der Waals surface area (Å²) in [5.74, 6) is 0.939. The van der Waals surface area contributed by atoms with Crippen LogP contribution in [0.3, 0.4) is 0 Å². The van der Waals surface area contributed by atoms with Crippen LogP contribution < -0.4 is 5.32 Å². The number of hydrogen-bond acceptors (Lipinski definition) is 5. The number of carbonyl (C=O) groups excluding carboxylic acids is 1. The summed E-state index contributed by atoms with van der Waals surface area (Å²) in [5.41, 5.74) is 2.68. The molecular weight excluding hydrogens is 382 g/mol. The summed E-state index contributed by atoms with van der Waals surface area (Å²) < 4.78 is 5.30. The van der Waals surface area contributed by atoms with Gasteiger partial charge in [-0.15, -0.1) is 0 Å². The van der Waals surface area contributed by atoms with Crippen LogP contribution in [0.4, 0.5) is 5.69 Å². The Labute approximate surface area is 178 Å². The molecule has 0 atom stereocenters. The lowest BCUT2D eigenvalue weighted by Crippen LogP contribution is -2.36. The van der Waals surface area contributed by atoms with Crippen molar-refractivity contribution in [3.63, 3.8) is 0 Å². The molecule has 2 aromatic rings. The average Bonchev–Trinajstić information content (AvgIpc) is 2.93. The minimum atomic E-state index is -0.0889. The van der Waals surface area contributed by atoms with Crippen molar-refractivity contribution in [1.82, 2.24) is 10.2 Å². The minimum absolute atomic E-state index is 0. The Bertz CT molecular complexity index is 913. The Morgan fingerprint density at radius 1 is 1.17 bits per heavy atom. The van der Waals surface area contributed by atoms with Gasteiger partial charge in [0, 0.05) is 48.6 Å². The molecule has 0 radical (unpaired) electrons. The van der Waals surface area contributed by atoms with Crippen molar-refractivity contribution in [2.24, 2.45) is 4.99 Å². The van der Waals surface area contributed by atoms with Gasteiger partial charge in [0.15, 0.2) is 0 Å². The third kappa shape index (κ3) is 4.65. The number of fused-ring (bicyclic) bond motifs is 2. The minimum Gasteiger partial charge on any atom is -0.380 e. The molecule has 2 heterocycles. The molecule has 1 saturated heterocycles. The van der Waals surface area contributed by atoms with Gasteiger partial charge in [0.1, 0.15) is 5.84 Å². The number of nitrogens with one attached hydrogen (secondary N) is 1. The molecule has 154 valence electrons. The lowest BCUT2D eigenvalue weighted by atomic mass is 10.1. The van der Waals surface area contributed by atoms with E-state index in [1.165, 1.54) is 29.7 Å². The van der Waals surface area contributed by atoms with Gasteiger partial charge < -0.3 is 15.0 Å². The van der Waals surface area contributed by atoms with Gasteiger partial charge in [-0.1, -0.05) is 30.0 Å². The molecule has 0 aliphatic carbocycles. The highest BCUT2D eigenvalue weighted by molar-refractivity contribution is 7.99. The highest BCUT2D eigenvalue weighted by Gasteiger charge is 2.23. The molecule has 0 aromatic heterocycles. The molecule has 0 spiro atoms. The lowest BCUT2D eigenvalue weighted by Gasteiger charge is -2.30. The summed E-state index contributed by atoms with van der Waals surface area (Å²) in [6, 6.07) is 14.3. The molecule has 1 N–H and O–H groups in total. The largest absolute Gasteiger partial charge is 0.380 e. The van der Waals surface area contributed by atoms with Crippen LogP contribution in [0.2, 0.25) is 0 Å². The second kappa shape index (κ2) is 9.46. The molecule has 1 fully saturated rings. The number of likely N-dealkylation sites (tertiary alicyclic amines) is 1. The first-order valence-electron chi connectivity index (χ1n) is 10.4. The standard InChI is InChI=1S/C23H27N3O2S.H2/c1-2-28-15-12-24-23(27)17-10-11-21-19(16-17)25-22(26-13-6-3-7-14-26)18-8-4-5-9-20(18)29-21;/h4-5,8-11,16H,2-3,6-7,12-15H2,1H3,(H,24,27);1H. The van der Waals surface area contributed by atoms with E-state index in [0.29, 0.717) is 25.3 Å². The monoisotopic (exact) mass is 411 g/mol. The molecule has 2 aliphatic rings. The zero-order valence-corrected chi connectivity index (χ0v) is 17.6. The van der Waals surface area contributed by atoms with Crippen LogP contribution >= 0.6 is 11.8 Å². The molecule has 0 saturated carbocycles. The Balaban J connectivity index is 0.00000256. The molecular formula is C23H29N3O2S. The van der Waals surface area contributed by atoms with Crippen LogP contribution in [0.25, 0.3) is 0 Å². The predicted octanol–water partition coefficient (Wildman–Crippen LogP) is 4.73. The summed E-state index contributed by atoms with van der Waals surface area (Å²) >= 11 is 1.72. The molecule has 1 amide bonds. The number of ether oxygens (including phenoxy) is 1. The number of nitrogens with zero attached hydrogens (tertiary/aromatic N) is 2. The highest BCUT2D eigenvalue weighted by atomic mass is 32.2. The van der Waals surface area contributed by atoms with Crippen molar-refractivity contribution in [2.75, 3.05) is 32.8 Å². The summed E-state index contributed by atoms with van der Waals surface area (Å²) in [6.45, 7) is 5.69. The first-order valence-corrected chi connectivity index (χ1v) is 11.2. The van der Waals surface area contributed by atoms with Gasteiger partial charge in [0.25, 0.3) is 5.91 Å². The second-order valence-electron chi connectivity index (χ2n) is 7.22. The number of amides is 1. The van der Waals surface area contributed by atoms with Gasteiger partial charge in [-0.05, 0) is 50.5 Å². The highest BCUT2D eigenvalue weighted by Crippen LogP contribution is 2.41. The molecule has 0 unspecified atom stereocenters. The summed E-state index contributed by atoms with van der Waals surface area (Å²) in [5, 5.41) is 2.92. The Kier molecular flexibility index (Phi) is 6.52. The summed E-state index contributed by atoms with van der Waals surface area (Å²) in [4.78, 5) is 22.3.